The van der Waals surface area contributed by atoms with E-state index in [4.69, 9.17) is 4.74 Å². The van der Waals surface area contributed by atoms with Crippen LogP contribution in [0.3, 0.4) is 0 Å². The lowest BCUT2D eigenvalue weighted by Gasteiger charge is -2.09. The van der Waals surface area contributed by atoms with Gasteiger partial charge in [-0.1, -0.05) is 13.0 Å². The van der Waals surface area contributed by atoms with Crippen molar-refractivity contribution in [3.8, 4) is 5.75 Å². The van der Waals surface area contributed by atoms with E-state index in [9.17, 15) is 4.39 Å². The maximum atomic E-state index is 13.2. The maximum absolute atomic E-state index is 13.2. The fourth-order valence-corrected chi connectivity index (χ4v) is 1.78. The van der Waals surface area contributed by atoms with Crippen LogP contribution in [-0.4, -0.2) is 11.5 Å². The molecule has 0 spiro atoms. The van der Waals surface area contributed by atoms with Crippen LogP contribution >= 0.6 is 0 Å². The molecule has 0 bridgehead atoms. The molecule has 2 rings (SSSR count). The summed E-state index contributed by atoms with van der Waals surface area (Å²) in [5.74, 6) is 1.28. The summed E-state index contributed by atoms with van der Waals surface area (Å²) in [6, 6.07) is 10.5. The first-order valence-electron chi connectivity index (χ1n) is 6.78. The highest BCUT2D eigenvalue weighted by atomic mass is 19.1. The Morgan fingerprint density at radius 2 is 2.10 bits per heavy atom. The highest BCUT2D eigenvalue weighted by Crippen LogP contribution is 2.17. The molecule has 0 unspecified atom stereocenters. The molecule has 0 radical (unpaired) electrons. The topological polar surface area (TPSA) is 34.1 Å². The molecule has 0 aliphatic carbocycles. The molecule has 4 heteroatoms. The lowest BCUT2D eigenvalue weighted by atomic mass is 10.2. The lowest BCUT2D eigenvalue weighted by molar-refractivity contribution is 0.301. The zero-order valence-electron chi connectivity index (χ0n) is 11.8. The summed E-state index contributed by atoms with van der Waals surface area (Å²) in [6.45, 7) is 5.09. The second-order valence-corrected chi connectivity index (χ2v) is 4.64. The molecule has 1 heterocycles. The number of anilines is 1. The van der Waals surface area contributed by atoms with E-state index in [0.29, 0.717) is 17.9 Å². The van der Waals surface area contributed by atoms with Crippen molar-refractivity contribution in [1.29, 1.82) is 0 Å². The summed E-state index contributed by atoms with van der Waals surface area (Å²) >= 11 is 0. The summed E-state index contributed by atoms with van der Waals surface area (Å²) in [5.41, 5.74) is 1.42. The first kappa shape index (κ1) is 14.3. The highest BCUT2D eigenvalue weighted by Gasteiger charge is 2.02. The summed E-state index contributed by atoms with van der Waals surface area (Å²) in [4.78, 5) is 4.46. The molecule has 0 fully saturated rings. The third kappa shape index (κ3) is 3.95. The van der Waals surface area contributed by atoms with Crippen molar-refractivity contribution in [3.05, 3.63) is 53.5 Å². The fraction of sp³-hybridized carbons (Fsp3) is 0.312. The van der Waals surface area contributed by atoms with Crippen LogP contribution in [0.15, 0.2) is 36.4 Å². The van der Waals surface area contributed by atoms with Crippen LogP contribution in [0.4, 0.5) is 10.2 Å². The van der Waals surface area contributed by atoms with Gasteiger partial charge >= 0.3 is 0 Å². The van der Waals surface area contributed by atoms with Gasteiger partial charge in [0.2, 0.25) is 0 Å². The van der Waals surface area contributed by atoms with E-state index < -0.39 is 0 Å². The average molecular weight is 274 g/mol. The van der Waals surface area contributed by atoms with Crippen molar-refractivity contribution >= 4 is 5.82 Å². The van der Waals surface area contributed by atoms with E-state index in [-0.39, 0.29) is 5.82 Å². The van der Waals surface area contributed by atoms with E-state index in [1.165, 1.54) is 6.07 Å². The quantitative estimate of drug-likeness (QED) is 0.866. The van der Waals surface area contributed by atoms with Gasteiger partial charge in [0.1, 0.15) is 24.0 Å². The Morgan fingerprint density at radius 1 is 1.25 bits per heavy atom. The average Bonchev–Trinajstić information content (AvgIpc) is 2.47. The Balaban J connectivity index is 1.97. The Bertz CT molecular complexity index is 572. The summed E-state index contributed by atoms with van der Waals surface area (Å²) in [5, 5.41) is 3.23. The largest absolute Gasteiger partial charge is 0.487 e. The Hall–Kier alpha value is -2.10. The maximum Gasteiger partial charge on any atom is 0.130 e. The van der Waals surface area contributed by atoms with E-state index in [2.05, 4.69) is 17.2 Å². The highest BCUT2D eigenvalue weighted by molar-refractivity contribution is 5.35. The van der Waals surface area contributed by atoms with E-state index in [1.807, 2.05) is 18.2 Å². The third-order valence-electron chi connectivity index (χ3n) is 2.88. The number of nitrogens with zero attached hydrogens (tertiary/aromatic N) is 1. The number of nitrogens with one attached hydrogen (secondary N) is 1. The molecule has 20 heavy (non-hydrogen) atoms. The molecule has 2 aromatic rings. The number of pyridine rings is 1. The van der Waals surface area contributed by atoms with Crippen LogP contribution in [0.1, 0.15) is 24.6 Å². The first-order valence-corrected chi connectivity index (χ1v) is 6.78. The second kappa shape index (κ2) is 6.89. The molecular formula is C16H19FN2O. The second-order valence-electron chi connectivity index (χ2n) is 4.64. The molecule has 0 saturated carbocycles. The van der Waals surface area contributed by atoms with Gasteiger partial charge in [-0.25, -0.2) is 9.37 Å². The van der Waals surface area contributed by atoms with Crippen molar-refractivity contribution < 1.29 is 9.13 Å². The van der Waals surface area contributed by atoms with Gasteiger partial charge in [0.25, 0.3) is 0 Å². The van der Waals surface area contributed by atoms with Crippen LogP contribution in [-0.2, 0) is 6.61 Å². The Morgan fingerprint density at radius 3 is 2.85 bits per heavy atom. The number of hydrogen-bond acceptors (Lipinski definition) is 3. The Kier molecular flexibility index (Phi) is 4.93. The van der Waals surface area contributed by atoms with E-state index >= 15 is 0 Å². The molecule has 0 amide bonds. The molecule has 0 aliphatic rings. The van der Waals surface area contributed by atoms with Crippen molar-refractivity contribution in [2.75, 3.05) is 11.9 Å². The lowest BCUT2D eigenvalue weighted by Crippen LogP contribution is -2.05. The molecule has 3 nitrogen and oxygen atoms in total. The van der Waals surface area contributed by atoms with Crippen LogP contribution in [0.2, 0.25) is 0 Å². The van der Waals surface area contributed by atoms with Gasteiger partial charge in [-0.2, -0.15) is 0 Å². The van der Waals surface area contributed by atoms with Crippen LogP contribution in [0.25, 0.3) is 0 Å². The van der Waals surface area contributed by atoms with Gasteiger partial charge in [0.15, 0.2) is 0 Å². The van der Waals surface area contributed by atoms with E-state index in [0.717, 1.165) is 24.5 Å². The number of aryl methyl sites for hydroxylation is 1. The van der Waals surface area contributed by atoms with Gasteiger partial charge in [-0.15, -0.1) is 0 Å². The molecule has 0 saturated heterocycles. The van der Waals surface area contributed by atoms with Gasteiger partial charge in [0.05, 0.1) is 5.69 Å². The SMILES string of the molecule is CCCNc1cccc(COc2ccc(F)c(C)c2)n1. The minimum Gasteiger partial charge on any atom is -0.487 e. The predicted octanol–water partition coefficient (Wildman–Crippen LogP) is 3.93. The van der Waals surface area contributed by atoms with Crippen LogP contribution < -0.4 is 10.1 Å². The number of aromatic nitrogens is 1. The van der Waals surface area contributed by atoms with Gasteiger partial charge < -0.3 is 10.1 Å². The predicted molar refractivity (Wildman–Crippen MR) is 78.5 cm³/mol. The minimum absolute atomic E-state index is 0.221. The summed E-state index contributed by atoms with van der Waals surface area (Å²) < 4.78 is 18.8. The zero-order chi connectivity index (χ0) is 14.4. The molecule has 0 aliphatic heterocycles. The fourth-order valence-electron chi connectivity index (χ4n) is 1.78. The number of benzene rings is 1. The minimum atomic E-state index is -0.221. The molecule has 1 N–H and O–H groups in total. The van der Waals surface area contributed by atoms with Gasteiger partial charge in [-0.05, 0) is 49.2 Å². The number of ether oxygens (including phenoxy) is 1. The standard InChI is InChI=1S/C16H19FN2O/c1-3-9-18-16-6-4-5-13(19-16)11-20-14-7-8-15(17)12(2)10-14/h4-8,10H,3,9,11H2,1-2H3,(H,18,19). The normalized spacial score (nSPS) is 10.3. The van der Waals surface area contributed by atoms with Crippen LogP contribution in [0.5, 0.6) is 5.75 Å². The van der Waals surface area contributed by atoms with Gasteiger partial charge in [0, 0.05) is 6.54 Å². The molecular weight excluding hydrogens is 255 g/mol. The number of rotatable bonds is 6. The van der Waals surface area contributed by atoms with Crippen molar-refractivity contribution in [2.45, 2.75) is 26.9 Å². The summed E-state index contributed by atoms with van der Waals surface area (Å²) in [7, 11) is 0. The van der Waals surface area contributed by atoms with Crippen LogP contribution in [0, 0.1) is 12.7 Å². The molecule has 0 atom stereocenters. The van der Waals surface area contributed by atoms with Gasteiger partial charge in [-0.3, -0.25) is 0 Å². The smallest absolute Gasteiger partial charge is 0.130 e. The Labute approximate surface area is 118 Å². The van der Waals surface area contributed by atoms with E-state index in [1.54, 1.807) is 19.1 Å². The molecule has 1 aromatic carbocycles. The first-order chi connectivity index (χ1) is 9.69. The molecule has 106 valence electrons. The third-order valence-corrected chi connectivity index (χ3v) is 2.88. The van der Waals surface area contributed by atoms with Crippen molar-refractivity contribution in [2.24, 2.45) is 0 Å². The molecule has 1 aromatic heterocycles. The number of halogens is 1. The zero-order valence-corrected chi connectivity index (χ0v) is 11.8. The van der Waals surface area contributed by atoms with Crippen molar-refractivity contribution in [1.82, 2.24) is 4.98 Å². The monoisotopic (exact) mass is 274 g/mol. The van der Waals surface area contributed by atoms with Crippen molar-refractivity contribution in [3.63, 3.8) is 0 Å². The number of hydrogen-bond donors (Lipinski definition) is 1. The summed E-state index contributed by atoms with van der Waals surface area (Å²) in [6.07, 6.45) is 1.05.